The summed E-state index contributed by atoms with van der Waals surface area (Å²) < 4.78 is 20.4. The Hall–Kier alpha value is -2.76. The molecule has 0 aliphatic carbocycles. The molecule has 122 valence electrons. The van der Waals surface area contributed by atoms with Gasteiger partial charge < -0.3 is 18.6 Å². The van der Waals surface area contributed by atoms with Crippen LogP contribution in [-0.2, 0) is 16.1 Å². The van der Waals surface area contributed by atoms with Gasteiger partial charge in [0.2, 0.25) is 0 Å². The minimum absolute atomic E-state index is 0.0765. The molecule has 1 aromatic heterocycles. The van der Waals surface area contributed by atoms with Gasteiger partial charge in [-0.3, -0.25) is 0 Å². The summed E-state index contributed by atoms with van der Waals surface area (Å²) in [4.78, 5) is 23.6. The molecular formula is C17H18O6. The zero-order valence-corrected chi connectivity index (χ0v) is 13.5. The average Bonchev–Trinajstić information content (AvgIpc) is 2.93. The van der Waals surface area contributed by atoms with E-state index in [0.717, 1.165) is 5.56 Å². The van der Waals surface area contributed by atoms with Crippen LogP contribution in [0.25, 0.3) is 0 Å². The van der Waals surface area contributed by atoms with Gasteiger partial charge >= 0.3 is 11.9 Å². The number of carbonyl (C=O) groups excluding carboxylic acids is 2. The molecule has 6 nitrogen and oxygen atoms in total. The molecule has 1 heterocycles. The van der Waals surface area contributed by atoms with Crippen molar-refractivity contribution in [3.05, 3.63) is 52.5 Å². The Balaban J connectivity index is 2.06. The van der Waals surface area contributed by atoms with E-state index in [4.69, 9.17) is 13.9 Å². The molecule has 0 atom stereocenters. The minimum Gasteiger partial charge on any atom is -0.496 e. The molecule has 1 aromatic carbocycles. The molecule has 0 saturated heterocycles. The van der Waals surface area contributed by atoms with E-state index >= 15 is 0 Å². The van der Waals surface area contributed by atoms with Crippen molar-refractivity contribution in [2.75, 3.05) is 14.2 Å². The van der Waals surface area contributed by atoms with Gasteiger partial charge in [-0.1, -0.05) is 6.07 Å². The van der Waals surface area contributed by atoms with E-state index in [2.05, 4.69) is 4.74 Å². The number of methoxy groups -OCH3 is 2. The second-order valence-corrected chi connectivity index (χ2v) is 4.93. The summed E-state index contributed by atoms with van der Waals surface area (Å²) in [5.41, 5.74) is 1.62. The SMILES string of the molecule is COC(=O)c1cc(COC(=O)c2ccc(C)c(OC)c2)oc1C. The number of carbonyl (C=O) groups is 2. The van der Waals surface area contributed by atoms with E-state index < -0.39 is 11.9 Å². The molecule has 2 aromatic rings. The highest BCUT2D eigenvalue weighted by Crippen LogP contribution is 2.21. The largest absolute Gasteiger partial charge is 0.496 e. The van der Waals surface area contributed by atoms with Gasteiger partial charge in [-0.15, -0.1) is 0 Å². The first-order valence-corrected chi connectivity index (χ1v) is 6.95. The van der Waals surface area contributed by atoms with Gasteiger partial charge in [0.15, 0.2) is 0 Å². The normalized spacial score (nSPS) is 10.3. The molecule has 0 aliphatic rings. The predicted octanol–water partition coefficient (Wildman–Crippen LogP) is 3.05. The Bertz CT molecular complexity index is 729. The van der Waals surface area contributed by atoms with Crippen LogP contribution in [0.5, 0.6) is 5.75 Å². The molecule has 0 radical (unpaired) electrons. The number of hydrogen-bond acceptors (Lipinski definition) is 6. The third-order valence-electron chi connectivity index (χ3n) is 3.36. The summed E-state index contributed by atoms with van der Waals surface area (Å²) in [5, 5.41) is 0. The van der Waals surface area contributed by atoms with Gasteiger partial charge in [-0.05, 0) is 37.6 Å². The van der Waals surface area contributed by atoms with Gasteiger partial charge in [0.1, 0.15) is 29.4 Å². The van der Waals surface area contributed by atoms with E-state index in [-0.39, 0.29) is 6.61 Å². The van der Waals surface area contributed by atoms with Crippen molar-refractivity contribution in [2.24, 2.45) is 0 Å². The van der Waals surface area contributed by atoms with E-state index in [1.165, 1.54) is 20.3 Å². The highest BCUT2D eigenvalue weighted by atomic mass is 16.5. The lowest BCUT2D eigenvalue weighted by Gasteiger charge is -2.07. The van der Waals surface area contributed by atoms with Crippen LogP contribution in [0.4, 0.5) is 0 Å². The second-order valence-electron chi connectivity index (χ2n) is 4.93. The summed E-state index contributed by atoms with van der Waals surface area (Å²) in [6.07, 6.45) is 0. The standard InChI is InChI=1S/C17H18O6/c1-10-5-6-12(7-15(10)20-3)16(18)22-9-13-8-14(11(2)23-13)17(19)21-4/h5-8H,9H2,1-4H3. The highest BCUT2D eigenvalue weighted by molar-refractivity contribution is 5.91. The van der Waals surface area contributed by atoms with Crippen molar-refractivity contribution >= 4 is 11.9 Å². The smallest absolute Gasteiger partial charge is 0.341 e. The Morgan fingerprint density at radius 3 is 2.48 bits per heavy atom. The first-order valence-electron chi connectivity index (χ1n) is 6.95. The molecule has 0 spiro atoms. The Labute approximate surface area is 134 Å². The lowest BCUT2D eigenvalue weighted by molar-refractivity contribution is 0.0443. The zero-order valence-electron chi connectivity index (χ0n) is 13.5. The summed E-state index contributed by atoms with van der Waals surface area (Å²) in [6, 6.07) is 6.56. The Kier molecular flexibility index (Phi) is 5.05. The molecule has 6 heteroatoms. The number of furan rings is 1. The molecule has 0 fully saturated rings. The molecule has 0 aliphatic heterocycles. The summed E-state index contributed by atoms with van der Waals surface area (Å²) in [7, 11) is 2.83. The highest BCUT2D eigenvalue weighted by Gasteiger charge is 2.17. The van der Waals surface area contributed by atoms with Crippen LogP contribution in [0, 0.1) is 13.8 Å². The van der Waals surface area contributed by atoms with Crippen molar-refractivity contribution in [3.8, 4) is 5.75 Å². The third kappa shape index (κ3) is 3.71. The second kappa shape index (κ2) is 7.00. The lowest BCUT2D eigenvalue weighted by Crippen LogP contribution is -2.05. The van der Waals surface area contributed by atoms with Gasteiger partial charge in [-0.25, -0.2) is 9.59 Å². The van der Waals surface area contributed by atoms with Crippen LogP contribution in [0.1, 0.15) is 37.8 Å². The molecule has 0 unspecified atom stereocenters. The fourth-order valence-electron chi connectivity index (χ4n) is 2.09. The molecule has 23 heavy (non-hydrogen) atoms. The number of ether oxygens (including phenoxy) is 3. The quantitative estimate of drug-likeness (QED) is 0.789. The topological polar surface area (TPSA) is 75.0 Å². The van der Waals surface area contributed by atoms with Crippen LogP contribution in [-0.4, -0.2) is 26.2 Å². The van der Waals surface area contributed by atoms with E-state index in [9.17, 15) is 9.59 Å². The van der Waals surface area contributed by atoms with Crippen LogP contribution in [0.3, 0.4) is 0 Å². The van der Waals surface area contributed by atoms with Crippen molar-refractivity contribution < 1.29 is 28.2 Å². The number of aryl methyl sites for hydroxylation is 2. The van der Waals surface area contributed by atoms with E-state index in [1.807, 2.05) is 6.92 Å². The fourth-order valence-corrected chi connectivity index (χ4v) is 2.09. The van der Waals surface area contributed by atoms with Crippen molar-refractivity contribution in [1.82, 2.24) is 0 Å². The van der Waals surface area contributed by atoms with Crippen LogP contribution >= 0.6 is 0 Å². The summed E-state index contributed by atoms with van der Waals surface area (Å²) in [5.74, 6) is 0.403. The predicted molar refractivity (Wildman–Crippen MR) is 81.6 cm³/mol. The zero-order chi connectivity index (χ0) is 17.0. The minimum atomic E-state index is -0.503. The molecule has 2 rings (SSSR count). The monoisotopic (exact) mass is 318 g/mol. The van der Waals surface area contributed by atoms with Crippen molar-refractivity contribution in [2.45, 2.75) is 20.5 Å². The number of rotatable bonds is 5. The summed E-state index contributed by atoms with van der Waals surface area (Å²) >= 11 is 0. The molecule has 0 bridgehead atoms. The number of benzene rings is 1. The fraction of sp³-hybridized carbons (Fsp3) is 0.294. The number of esters is 2. The third-order valence-corrected chi connectivity index (χ3v) is 3.36. The maximum Gasteiger partial charge on any atom is 0.341 e. The van der Waals surface area contributed by atoms with Gasteiger partial charge in [0, 0.05) is 0 Å². The van der Waals surface area contributed by atoms with Gasteiger partial charge in [0.05, 0.1) is 19.8 Å². The molecule has 0 amide bonds. The summed E-state index contributed by atoms with van der Waals surface area (Å²) in [6.45, 7) is 3.45. The lowest BCUT2D eigenvalue weighted by atomic mass is 10.1. The van der Waals surface area contributed by atoms with Crippen LogP contribution < -0.4 is 4.74 Å². The van der Waals surface area contributed by atoms with Crippen molar-refractivity contribution in [3.63, 3.8) is 0 Å². The van der Waals surface area contributed by atoms with Crippen LogP contribution in [0.15, 0.2) is 28.7 Å². The molecule has 0 N–H and O–H groups in total. The number of hydrogen-bond donors (Lipinski definition) is 0. The van der Waals surface area contributed by atoms with Crippen LogP contribution in [0.2, 0.25) is 0 Å². The maximum absolute atomic E-state index is 12.1. The van der Waals surface area contributed by atoms with E-state index in [0.29, 0.717) is 28.4 Å². The Morgan fingerprint density at radius 2 is 1.83 bits per heavy atom. The van der Waals surface area contributed by atoms with Crippen molar-refractivity contribution in [1.29, 1.82) is 0 Å². The molecule has 0 saturated carbocycles. The van der Waals surface area contributed by atoms with Gasteiger partial charge in [-0.2, -0.15) is 0 Å². The Morgan fingerprint density at radius 1 is 1.09 bits per heavy atom. The van der Waals surface area contributed by atoms with Gasteiger partial charge in [0.25, 0.3) is 0 Å². The first-order chi connectivity index (χ1) is 11.0. The average molecular weight is 318 g/mol. The molecular weight excluding hydrogens is 300 g/mol. The van der Waals surface area contributed by atoms with E-state index in [1.54, 1.807) is 25.1 Å². The maximum atomic E-state index is 12.1. The first kappa shape index (κ1) is 16.6.